The second-order valence-electron chi connectivity index (χ2n) is 7.34. The molecule has 2 aliphatic rings. The Balaban J connectivity index is 1.35. The Kier molecular flexibility index (Phi) is 4.93. The molecule has 3 nitrogen and oxygen atoms in total. The summed E-state index contributed by atoms with van der Waals surface area (Å²) < 4.78 is 5.42. The molecule has 0 unspecified atom stereocenters. The fraction of sp³-hybridized carbons (Fsp3) is 0.455. The van der Waals surface area contributed by atoms with Gasteiger partial charge in [0.15, 0.2) is 0 Å². The van der Waals surface area contributed by atoms with Gasteiger partial charge in [0.25, 0.3) is 0 Å². The first kappa shape index (κ1) is 16.5. The zero-order chi connectivity index (χ0) is 17.1. The maximum Gasteiger partial charge on any atom is 0.120 e. The van der Waals surface area contributed by atoms with Gasteiger partial charge in [0.05, 0.1) is 7.11 Å². The molecule has 132 valence electrons. The number of anilines is 1. The molecule has 0 spiro atoms. The quantitative estimate of drug-likeness (QED) is 0.793. The van der Waals surface area contributed by atoms with Gasteiger partial charge in [-0.2, -0.15) is 0 Å². The van der Waals surface area contributed by atoms with Gasteiger partial charge >= 0.3 is 0 Å². The second kappa shape index (κ2) is 7.49. The standard InChI is InChI=1S/C22H28N2O/c1-25-22-11-5-10-19(15-22)24-20-12-13-21(24)17-23(16-20)14-6-9-18-7-3-2-4-8-18/h2-5,7-8,10-11,15,20-21H,6,9,12-14,16-17H2,1H3/t20-,21+. The topological polar surface area (TPSA) is 15.7 Å². The average molecular weight is 336 g/mol. The first-order valence-corrected chi connectivity index (χ1v) is 9.52. The van der Waals surface area contributed by atoms with Gasteiger partial charge in [0.1, 0.15) is 5.75 Å². The summed E-state index contributed by atoms with van der Waals surface area (Å²) in [4.78, 5) is 5.33. The number of fused-ring (bicyclic) bond motifs is 2. The summed E-state index contributed by atoms with van der Waals surface area (Å²) in [5.74, 6) is 0.960. The summed E-state index contributed by atoms with van der Waals surface area (Å²) in [6.07, 6.45) is 5.07. The lowest BCUT2D eigenvalue weighted by Crippen LogP contribution is -2.54. The number of rotatable bonds is 6. The van der Waals surface area contributed by atoms with Gasteiger partial charge in [-0.15, -0.1) is 0 Å². The van der Waals surface area contributed by atoms with Crippen LogP contribution in [0.5, 0.6) is 5.75 Å². The predicted octanol–water partition coefficient (Wildman–Crippen LogP) is 3.98. The maximum atomic E-state index is 5.42. The second-order valence-corrected chi connectivity index (χ2v) is 7.34. The van der Waals surface area contributed by atoms with Crippen molar-refractivity contribution in [2.75, 3.05) is 31.6 Å². The molecule has 2 heterocycles. The van der Waals surface area contributed by atoms with Crippen molar-refractivity contribution in [1.82, 2.24) is 4.90 Å². The van der Waals surface area contributed by atoms with Gasteiger partial charge in [-0.05, 0) is 49.9 Å². The third kappa shape index (κ3) is 3.67. The molecule has 2 bridgehead atoms. The highest BCUT2D eigenvalue weighted by Crippen LogP contribution is 2.36. The van der Waals surface area contributed by atoms with Crippen molar-refractivity contribution in [3.05, 3.63) is 60.2 Å². The van der Waals surface area contributed by atoms with E-state index in [1.54, 1.807) is 7.11 Å². The number of ether oxygens (including phenoxy) is 1. The Hall–Kier alpha value is -2.00. The smallest absolute Gasteiger partial charge is 0.120 e. The van der Waals surface area contributed by atoms with Crippen LogP contribution in [0.1, 0.15) is 24.8 Å². The molecule has 4 rings (SSSR count). The molecular weight excluding hydrogens is 308 g/mol. The molecule has 2 aliphatic heterocycles. The van der Waals surface area contributed by atoms with Crippen molar-refractivity contribution in [3.63, 3.8) is 0 Å². The number of benzene rings is 2. The van der Waals surface area contributed by atoms with Gasteiger partial charge in [-0.3, -0.25) is 4.90 Å². The van der Waals surface area contributed by atoms with E-state index in [9.17, 15) is 0 Å². The third-order valence-electron chi connectivity index (χ3n) is 5.69. The van der Waals surface area contributed by atoms with Crippen molar-refractivity contribution in [2.45, 2.75) is 37.8 Å². The van der Waals surface area contributed by atoms with Crippen LogP contribution in [0.25, 0.3) is 0 Å². The van der Waals surface area contributed by atoms with Gasteiger partial charge < -0.3 is 9.64 Å². The lowest BCUT2D eigenvalue weighted by molar-refractivity contribution is 0.217. The fourth-order valence-corrected chi connectivity index (χ4v) is 4.52. The third-order valence-corrected chi connectivity index (χ3v) is 5.69. The van der Waals surface area contributed by atoms with E-state index in [-0.39, 0.29) is 0 Å². The molecule has 3 heteroatoms. The Bertz CT molecular complexity index is 673. The van der Waals surface area contributed by atoms with E-state index in [2.05, 4.69) is 58.3 Å². The summed E-state index contributed by atoms with van der Waals surface area (Å²) in [5.41, 5.74) is 2.79. The monoisotopic (exact) mass is 336 g/mol. The highest BCUT2D eigenvalue weighted by Gasteiger charge is 2.39. The van der Waals surface area contributed by atoms with Crippen molar-refractivity contribution in [2.24, 2.45) is 0 Å². The first-order chi connectivity index (χ1) is 12.3. The average Bonchev–Trinajstić information content (AvgIpc) is 2.93. The van der Waals surface area contributed by atoms with Crippen LogP contribution >= 0.6 is 0 Å². The van der Waals surface area contributed by atoms with Gasteiger partial charge in [0.2, 0.25) is 0 Å². The summed E-state index contributed by atoms with van der Waals surface area (Å²) in [6.45, 7) is 3.61. The van der Waals surface area contributed by atoms with Crippen molar-refractivity contribution >= 4 is 5.69 Å². The normalized spacial score (nSPS) is 23.0. The molecule has 0 aliphatic carbocycles. The Morgan fingerprint density at radius 2 is 1.72 bits per heavy atom. The van der Waals surface area contributed by atoms with Crippen LogP contribution < -0.4 is 9.64 Å². The molecule has 2 aromatic rings. The van der Waals surface area contributed by atoms with Gasteiger partial charge in [0, 0.05) is 36.9 Å². The number of piperazine rings is 1. The van der Waals surface area contributed by atoms with Crippen LogP contribution in [0.2, 0.25) is 0 Å². The van der Waals surface area contributed by atoms with Crippen LogP contribution in [0, 0.1) is 0 Å². The lowest BCUT2D eigenvalue weighted by Gasteiger charge is -2.42. The SMILES string of the molecule is COc1cccc(N2[C@@H]3CC[C@H]2CN(CCCc2ccccc2)C3)c1. The molecule has 0 saturated carbocycles. The molecule has 2 fully saturated rings. The lowest BCUT2D eigenvalue weighted by atomic mass is 10.1. The Morgan fingerprint density at radius 3 is 2.44 bits per heavy atom. The number of hydrogen-bond acceptors (Lipinski definition) is 3. The van der Waals surface area contributed by atoms with Crippen LogP contribution in [0.4, 0.5) is 5.69 Å². The van der Waals surface area contributed by atoms with E-state index in [1.165, 1.54) is 56.6 Å². The van der Waals surface area contributed by atoms with E-state index in [0.717, 1.165) is 5.75 Å². The van der Waals surface area contributed by atoms with Crippen molar-refractivity contribution in [1.29, 1.82) is 0 Å². The molecule has 2 saturated heterocycles. The highest BCUT2D eigenvalue weighted by molar-refractivity contribution is 5.54. The van der Waals surface area contributed by atoms with E-state index in [0.29, 0.717) is 12.1 Å². The molecule has 25 heavy (non-hydrogen) atoms. The predicted molar refractivity (Wildman–Crippen MR) is 103 cm³/mol. The zero-order valence-electron chi connectivity index (χ0n) is 15.1. The summed E-state index contributed by atoms with van der Waals surface area (Å²) in [5, 5.41) is 0. The molecule has 0 aromatic heterocycles. The molecule has 2 atom stereocenters. The van der Waals surface area contributed by atoms with Gasteiger partial charge in [-0.1, -0.05) is 36.4 Å². The van der Waals surface area contributed by atoms with Crippen molar-refractivity contribution < 1.29 is 4.74 Å². The minimum atomic E-state index is 0.655. The van der Waals surface area contributed by atoms with E-state index < -0.39 is 0 Å². The number of hydrogen-bond donors (Lipinski definition) is 0. The number of likely N-dealkylation sites (tertiary alicyclic amines) is 1. The highest BCUT2D eigenvalue weighted by atomic mass is 16.5. The largest absolute Gasteiger partial charge is 0.497 e. The molecule has 0 radical (unpaired) electrons. The first-order valence-electron chi connectivity index (χ1n) is 9.52. The molecule has 0 N–H and O–H groups in total. The number of aryl methyl sites for hydroxylation is 1. The van der Waals surface area contributed by atoms with Crippen LogP contribution in [0.3, 0.4) is 0 Å². The van der Waals surface area contributed by atoms with E-state index >= 15 is 0 Å². The van der Waals surface area contributed by atoms with Crippen molar-refractivity contribution in [3.8, 4) is 5.75 Å². The van der Waals surface area contributed by atoms with Crippen LogP contribution in [-0.4, -0.2) is 43.7 Å². The fourth-order valence-electron chi connectivity index (χ4n) is 4.52. The van der Waals surface area contributed by atoms with Crippen LogP contribution in [-0.2, 0) is 6.42 Å². The molecule has 2 aromatic carbocycles. The number of methoxy groups -OCH3 is 1. The molecular formula is C22H28N2O. The van der Waals surface area contributed by atoms with Crippen LogP contribution in [0.15, 0.2) is 54.6 Å². The summed E-state index contributed by atoms with van der Waals surface area (Å²) >= 11 is 0. The maximum absolute atomic E-state index is 5.42. The minimum absolute atomic E-state index is 0.655. The summed E-state index contributed by atoms with van der Waals surface area (Å²) in [7, 11) is 1.75. The Labute approximate surface area is 151 Å². The minimum Gasteiger partial charge on any atom is -0.497 e. The Morgan fingerprint density at radius 1 is 0.960 bits per heavy atom. The molecule has 0 amide bonds. The number of nitrogens with zero attached hydrogens (tertiary/aromatic N) is 2. The van der Waals surface area contributed by atoms with E-state index in [1.807, 2.05) is 6.07 Å². The zero-order valence-corrected chi connectivity index (χ0v) is 15.1. The van der Waals surface area contributed by atoms with E-state index in [4.69, 9.17) is 4.74 Å². The summed E-state index contributed by atoms with van der Waals surface area (Å²) in [6, 6.07) is 20.7. The van der Waals surface area contributed by atoms with Gasteiger partial charge in [-0.25, -0.2) is 0 Å².